The van der Waals surface area contributed by atoms with E-state index >= 15 is 0 Å². The molecule has 0 aliphatic rings. The van der Waals surface area contributed by atoms with Crippen molar-refractivity contribution in [1.29, 1.82) is 0 Å². The van der Waals surface area contributed by atoms with Gasteiger partial charge in [0.2, 0.25) is 0 Å². The zero-order valence-electron chi connectivity index (χ0n) is 16.5. The molecule has 2 aromatic rings. The number of aryl methyl sites for hydroxylation is 1. The number of rotatable bonds is 8. The lowest BCUT2D eigenvalue weighted by Crippen LogP contribution is -2.26. The molecule has 0 radical (unpaired) electrons. The monoisotopic (exact) mass is 343 g/mol. The third kappa shape index (κ3) is 4.71. The molecule has 1 aromatic heterocycles. The number of aromatic nitrogens is 2. The van der Waals surface area contributed by atoms with Gasteiger partial charge in [-0.2, -0.15) is 5.10 Å². The van der Waals surface area contributed by atoms with E-state index in [1.54, 1.807) is 0 Å². The Morgan fingerprint density at radius 2 is 1.64 bits per heavy atom. The van der Waals surface area contributed by atoms with Gasteiger partial charge in [0.05, 0.1) is 18.8 Å². The van der Waals surface area contributed by atoms with E-state index in [1.165, 1.54) is 16.7 Å². The summed E-state index contributed by atoms with van der Waals surface area (Å²) >= 11 is 0. The summed E-state index contributed by atoms with van der Waals surface area (Å²) in [5, 5.41) is 17.4. The normalized spacial score (nSPS) is 13.0. The summed E-state index contributed by atoms with van der Waals surface area (Å²) in [6.07, 6.45) is 0. The predicted octanol–water partition coefficient (Wildman–Crippen LogP) is 4.10. The lowest BCUT2D eigenvalue weighted by atomic mass is 9.93. The molecule has 0 saturated carbocycles. The first kappa shape index (κ1) is 19.7. The van der Waals surface area contributed by atoms with E-state index in [-0.39, 0.29) is 6.61 Å². The number of benzene rings is 1. The first-order chi connectivity index (χ1) is 11.8. The molecule has 0 amide bonds. The smallest absolute Gasteiger partial charge is 0.0644 e. The van der Waals surface area contributed by atoms with Crippen LogP contribution < -0.4 is 5.32 Å². The Bertz CT molecular complexity index is 671. The number of nitrogens with one attached hydrogen (secondary N) is 1. The van der Waals surface area contributed by atoms with Crippen LogP contribution in [0.4, 0.5) is 0 Å². The largest absolute Gasteiger partial charge is 0.394 e. The van der Waals surface area contributed by atoms with E-state index < -0.39 is 0 Å². The molecule has 1 atom stereocenters. The highest BCUT2D eigenvalue weighted by molar-refractivity contribution is 5.28. The third-order valence-corrected chi connectivity index (χ3v) is 4.97. The molecule has 0 fully saturated rings. The molecule has 2 rings (SSSR count). The first-order valence-corrected chi connectivity index (χ1v) is 9.32. The second-order valence-corrected chi connectivity index (χ2v) is 7.52. The summed E-state index contributed by atoms with van der Waals surface area (Å²) in [5.74, 6) is 1.06. The van der Waals surface area contributed by atoms with Gasteiger partial charge < -0.3 is 10.4 Å². The van der Waals surface area contributed by atoms with Crippen molar-refractivity contribution in [2.75, 3.05) is 6.61 Å². The van der Waals surface area contributed by atoms with Gasteiger partial charge in [0, 0.05) is 23.8 Å². The van der Waals surface area contributed by atoms with Gasteiger partial charge in [-0.05, 0) is 36.8 Å². The fraction of sp³-hybridized carbons (Fsp3) is 0.571. The van der Waals surface area contributed by atoms with Crippen molar-refractivity contribution in [3.05, 3.63) is 52.3 Å². The first-order valence-electron chi connectivity index (χ1n) is 9.32. The Kier molecular flexibility index (Phi) is 6.79. The van der Waals surface area contributed by atoms with Gasteiger partial charge in [-0.15, -0.1) is 0 Å². The maximum atomic E-state index is 9.17. The van der Waals surface area contributed by atoms with Crippen LogP contribution in [0.2, 0.25) is 0 Å². The molecule has 1 aromatic carbocycles. The van der Waals surface area contributed by atoms with E-state index in [1.807, 2.05) is 11.6 Å². The molecule has 138 valence electrons. The molecule has 0 saturated heterocycles. The molecule has 2 N–H and O–H groups in total. The molecular formula is C21H33N3O. The molecule has 1 unspecified atom stereocenters. The zero-order chi connectivity index (χ0) is 18.6. The fourth-order valence-electron chi connectivity index (χ4n) is 3.34. The van der Waals surface area contributed by atoms with Crippen molar-refractivity contribution >= 4 is 0 Å². The average Bonchev–Trinajstić information content (AvgIpc) is 2.83. The maximum Gasteiger partial charge on any atom is 0.0644 e. The predicted molar refractivity (Wildman–Crippen MR) is 104 cm³/mol. The van der Waals surface area contributed by atoms with E-state index in [4.69, 9.17) is 5.11 Å². The van der Waals surface area contributed by atoms with Crippen molar-refractivity contribution in [2.24, 2.45) is 5.92 Å². The highest BCUT2D eigenvalue weighted by Crippen LogP contribution is 2.25. The highest BCUT2D eigenvalue weighted by atomic mass is 16.3. The summed E-state index contributed by atoms with van der Waals surface area (Å²) in [6.45, 7) is 14.5. The summed E-state index contributed by atoms with van der Waals surface area (Å²) in [4.78, 5) is 0. The van der Waals surface area contributed by atoms with Crippen LogP contribution in [0.5, 0.6) is 0 Å². The van der Waals surface area contributed by atoms with Crippen molar-refractivity contribution in [3.63, 3.8) is 0 Å². The topological polar surface area (TPSA) is 50.1 Å². The van der Waals surface area contributed by atoms with Gasteiger partial charge in [0.15, 0.2) is 0 Å². The van der Waals surface area contributed by atoms with Gasteiger partial charge in [-0.25, -0.2) is 0 Å². The Morgan fingerprint density at radius 3 is 2.16 bits per heavy atom. The summed E-state index contributed by atoms with van der Waals surface area (Å²) in [7, 11) is 0. The van der Waals surface area contributed by atoms with Crippen LogP contribution in [0.15, 0.2) is 24.3 Å². The zero-order valence-corrected chi connectivity index (χ0v) is 16.5. The number of aliphatic hydroxyl groups is 1. The second kappa shape index (κ2) is 8.63. The van der Waals surface area contributed by atoms with Crippen molar-refractivity contribution in [1.82, 2.24) is 15.1 Å². The van der Waals surface area contributed by atoms with E-state index in [0.29, 0.717) is 24.4 Å². The minimum Gasteiger partial charge on any atom is -0.394 e. The van der Waals surface area contributed by atoms with Crippen LogP contribution in [-0.4, -0.2) is 21.5 Å². The summed E-state index contributed by atoms with van der Waals surface area (Å²) in [6, 6.07) is 9.30. The summed E-state index contributed by atoms with van der Waals surface area (Å²) < 4.78 is 1.90. The molecule has 0 aliphatic carbocycles. The number of nitrogens with zero attached hydrogens (tertiary/aromatic N) is 2. The van der Waals surface area contributed by atoms with Crippen LogP contribution >= 0.6 is 0 Å². The molecular weight excluding hydrogens is 310 g/mol. The minimum atomic E-state index is 0.117. The number of aliphatic hydroxyl groups excluding tert-OH is 1. The Labute approximate surface area is 152 Å². The van der Waals surface area contributed by atoms with E-state index in [0.717, 1.165) is 17.9 Å². The standard InChI is InChI=1S/C21H33N3O/c1-14(2)18-7-9-19(10-8-18)21(15(3)4)22-13-20-16(5)23-24(11-12-25)17(20)6/h7-10,14-15,21-22,25H,11-13H2,1-6H3. The van der Waals surface area contributed by atoms with Crippen molar-refractivity contribution < 1.29 is 5.11 Å². The summed E-state index contributed by atoms with van der Waals surface area (Å²) in [5.41, 5.74) is 6.12. The Hall–Kier alpha value is -1.65. The van der Waals surface area contributed by atoms with Gasteiger partial charge in [0.1, 0.15) is 0 Å². The van der Waals surface area contributed by atoms with Gasteiger partial charge in [-0.1, -0.05) is 52.0 Å². The second-order valence-electron chi connectivity index (χ2n) is 7.52. The fourth-order valence-corrected chi connectivity index (χ4v) is 3.34. The van der Waals surface area contributed by atoms with Crippen LogP contribution in [0.3, 0.4) is 0 Å². The minimum absolute atomic E-state index is 0.117. The van der Waals surface area contributed by atoms with Crippen LogP contribution in [0.1, 0.15) is 67.7 Å². The molecule has 0 aliphatic heterocycles. The number of hydrogen-bond acceptors (Lipinski definition) is 3. The average molecular weight is 344 g/mol. The molecule has 0 spiro atoms. The van der Waals surface area contributed by atoms with Gasteiger partial charge in [0.25, 0.3) is 0 Å². The van der Waals surface area contributed by atoms with Gasteiger partial charge >= 0.3 is 0 Å². The highest BCUT2D eigenvalue weighted by Gasteiger charge is 2.18. The Balaban J connectivity index is 2.15. The third-order valence-electron chi connectivity index (χ3n) is 4.97. The molecule has 0 bridgehead atoms. The lowest BCUT2D eigenvalue weighted by molar-refractivity contribution is 0.267. The Morgan fingerprint density at radius 1 is 1.04 bits per heavy atom. The van der Waals surface area contributed by atoms with Crippen LogP contribution in [0.25, 0.3) is 0 Å². The van der Waals surface area contributed by atoms with Crippen LogP contribution in [0, 0.1) is 19.8 Å². The SMILES string of the molecule is Cc1nn(CCO)c(C)c1CNC(c1ccc(C(C)C)cc1)C(C)C. The van der Waals surface area contributed by atoms with E-state index in [2.05, 4.69) is 69.3 Å². The van der Waals surface area contributed by atoms with Crippen molar-refractivity contribution in [2.45, 2.75) is 66.6 Å². The lowest BCUT2D eigenvalue weighted by Gasteiger charge is -2.24. The molecule has 1 heterocycles. The van der Waals surface area contributed by atoms with E-state index in [9.17, 15) is 0 Å². The maximum absolute atomic E-state index is 9.17. The molecule has 4 heteroatoms. The van der Waals surface area contributed by atoms with Crippen molar-refractivity contribution in [3.8, 4) is 0 Å². The van der Waals surface area contributed by atoms with Gasteiger partial charge in [-0.3, -0.25) is 4.68 Å². The molecule has 4 nitrogen and oxygen atoms in total. The quantitative estimate of drug-likeness (QED) is 0.758. The number of hydrogen-bond donors (Lipinski definition) is 2. The van der Waals surface area contributed by atoms with Crippen LogP contribution in [-0.2, 0) is 13.1 Å². The molecule has 25 heavy (non-hydrogen) atoms.